The Morgan fingerprint density at radius 2 is 1.78 bits per heavy atom. The smallest absolute Gasteiger partial charge is 0.281 e. The van der Waals surface area contributed by atoms with Crippen molar-refractivity contribution in [2.45, 2.75) is 18.6 Å². The van der Waals surface area contributed by atoms with Crippen LogP contribution in [0.25, 0.3) is 0 Å². The molecule has 3 heterocycles. The summed E-state index contributed by atoms with van der Waals surface area (Å²) in [7, 11) is -0.574. The Hall–Kier alpha value is -2.23. The Balaban J connectivity index is 1.70. The summed E-state index contributed by atoms with van der Waals surface area (Å²) in [6.07, 6.45) is 1.83. The Morgan fingerprint density at radius 3 is 2.44 bits per heavy atom. The molecule has 2 atom stereocenters. The molecule has 1 aromatic carbocycles. The third-order valence-corrected chi connectivity index (χ3v) is 7.17. The molecule has 0 spiro atoms. The highest BCUT2D eigenvalue weighted by molar-refractivity contribution is 7.86. The standard InChI is InChI=1S/C18H21FN4O3S/c1-20(2)27(25,26)21-11-16-17(12-21)23(10-13-5-7-14(19)8-6-13)18(24)15-4-3-9-22(15)16/h3-9,16-17H,10-12H2,1-2H3/t16-,17+/m1/s1. The number of hydrogen-bond donors (Lipinski definition) is 0. The largest absolute Gasteiger partial charge is 0.337 e. The molecule has 0 saturated carbocycles. The minimum atomic E-state index is -3.57. The van der Waals surface area contributed by atoms with Crippen molar-refractivity contribution in [2.75, 3.05) is 27.2 Å². The van der Waals surface area contributed by atoms with Crippen LogP contribution in [-0.4, -0.2) is 65.6 Å². The topological polar surface area (TPSA) is 65.9 Å². The summed E-state index contributed by atoms with van der Waals surface area (Å²) in [6, 6.07) is 9.14. The minimum absolute atomic E-state index is 0.144. The van der Waals surface area contributed by atoms with Gasteiger partial charge in [0.15, 0.2) is 0 Å². The molecule has 144 valence electrons. The zero-order valence-corrected chi connectivity index (χ0v) is 15.9. The lowest BCUT2D eigenvalue weighted by molar-refractivity contribution is 0.0559. The molecule has 7 nitrogen and oxygen atoms in total. The highest BCUT2D eigenvalue weighted by atomic mass is 32.2. The van der Waals surface area contributed by atoms with Crippen molar-refractivity contribution in [2.24, 2.45) is 0 Å². The maximum absolute atomic E-state index is 13.2. The number of benzene rings is 1. The summed E-state index contributed by atoms with van der Waals surface area (Å²) in [5.74, 6) is -0.478. The summed E-state index contributed by atoms with van der Waals surface area (Å²) < 4.78 is 42.9. The number of rotatable bonds is 4. The van der Waals surface area contributed by atoms with Crippen LogP contribution in [-0.2, 0) is 16.8 Å². The molecule has 1 fully saturated rings. The lowest BCUT2D eigenvalue weighted by Crippen LogP contribution is -2.50. The molecular formula is C18H21FN4O3S. The van der Waals surface area contributed by atoms with Gasteiger partial charge < -0.3 is 9.47 Å². The maximum Gasteiger partial charge on any atom is 0.281 e. The zero-order valence-electron chi connectivity index (χ0n) is 15.1. The molecule has 0 N–H and O–H groups in total. The number of nitrogens with zero attached hydrogens (tertiary/aromatic N) is 4. The Kier molecular flexibility index (Phi) is 4.32. The van der Waals surface area contributed by atoms with Crippen molar-refractivity contribution in [3.63, 3.8) is 0 Å². The predicted molar refractivity (Wildman–Crippen MR) is 97.7 cm³/mol. The van der Waals surface area contributed by atoms with Crippen LogP contribution in [0.4, 0.5) is 4.39 Å². The molecule has 2 aliphatic heterocycles. The van der Waals surface area contributed by atoms with Gasteiger partial charge >= 0.3 is 0 Å². The van der Waals surface area contributed by atoms with Gasteiger partial charge in [-0.25, -0.2) is 4.39 Å². The van der Waals surface area contributed by atoms with Crippen LogP contribution in [0.3, 0.4) is 0 Å². The van der Waals surface area contributed by atoms with Gasteiger partial charge in [-0.3, -0.25) is 4.79 Å². The summed E-state index contributed by atoms with van der Waals surface area (Å²) in [5.41, 5.74) is 1.35. The highest BCUT2D eigenvalue weighted by Gasteiger charge is 2.48. The molecule has 27 heavy (non-hydrogen) atoms. The van der Waals surface area contributed by atoms with E-state index in [2.05, 4.69) is 0 Å². The van der Waals surface area contributed by atoms with Gasteiger partial charge in [-0.2, -0.15) is 17.0 Å². The van der Waals surface area contributed by atoms with Gasteiger partial charge in [-0.1, -0.05) is 12.1 Å². The van der Waals surface area contributed by atoms with E-state index in [9.17, 15) is 17.6 Å². The van der Waals surface area contributed by atoms with Crippen molar-refractivity contribution in [3.05, 3.63) is 59.7 Å². The molecular weight excluding hydrogens is 371 g/mol. The molecule has 1 saturated heterocycles. The Labute approximate surface area is 157 Å². The van der Waals surface area contributed by atoms with Crippen molar-refractivity contribution in [1.29, 1.82) is 0 Å². The first-order chi connectivity index (χ1) is 12.8. The number of halogens is 1. The van der Waals surface area contributed by atoms with E-state index in [1.54, 1.807) is 29.2 Å². The van der Waals surface area contributed by atoms with Gasteiger partial charge in [0.05, 0.1) is 12.1 Å². The van der Waals surface area contributed by atoms with Crippen LogP contribution in [0, 0.1) is 5.82 Å². The molecule has 9 heteroatoms. The average Bonchev–Trinajstić information content (AvgIpc) is 3.27. The Bertz CT molecular complexity index is 971. The molecule has 0 radical (unpaired) electrons. The quantitative estimate of drug-likeness (QED) is 0.788. The van der Waals surface area contributed by atoms with Crippen molar-refractivity contribution >= 4 is 16.1 Å². The van der Waals surface area contributed by atoms with Crippen molar-refractivity contribution < 1.29 is 17.6 Å². The summed E-state index contributed by atoms with van der Waals surface area (Å²) in [4.78, 5) is 14.7. The molecule has 2 aromatic rings. The van der Waals surface area contributed by atoms with E-state index in [-0.39, 0.29) is 30.4 Å². The van der Waals surface area contributed by atoms with E-state index in [1.807, 2.05) is 10.8 Å². The zero-order chi connectivity index (χ0) is 19.3. The second-order valence-corrected chi connectivity index (χ2v) is 9.24. The van der Waals surface area contributed by atoms with E-state index >= 15 is 0 Å². The molecule has 0 bridgehead atoms. The highest BCUT2D eigenvalue weighted by Crippen LogP contribution is 2.36. The van der Waals surface area contributed by atoms with Crippen LogP contribution in [0.5, 0.6) is 0 Å². The number of amides is 1. The van der Waals surface area contributed by atoms with E-state index in [0.29, 0.717) is 18.8 Å². The van der Waals surface area contributed by atoms with Crippen molar-refractivity contribution in [1.82, 2.24) is 18.1 Å². The third-order valence-electron chi connectivity index (χ3n) is 5.30. The number of hydrogen-bond acceptors (Lipinski definition) is 3. The van der Waals surface area contributed by atoms with E-state index in [4.69, 9.17) is 0 Å². The second kappa shape index (κ2) is 6.43. The lowest BCUT2D eigenvalue weighted by Gasteiger charge is -2.38. The fraction of sp³-hybridized carbons (Fsp3) is 0.389. The molecule has 0 aliphatic carbocycles. The van der Waals surface area contributed by atoms with Crippen molar-refractivity contribution in [3.8, 4) is 0 Å². The number of aromatic nitrogens is 1. The molecule has 4 rings (SSSR count). The fourth-order valence-electron chi connectivity index (χ4n) is 3.87. The van der Waals surface area contributed by atoms with Gasteiger partial charge in [0, 0.05) is 39.9 Å². The van der Waals surface area contributed by atoms with E-state index < -0.39 is 10.2 Å². The summed E-state index contributed by atoms with van der Waals surface area (Å²) >= 11 is 0. The fourth-order valence-corrected chi connectivity index (χ4v) is 5.02. The molecule has 0 unspecified atom stereocenters. The normalized spacial score (nSPS) is 23.0. The first-order valence-corrected chi connectivity index (χ1v) is 10.1. The Morgan fingerprint density at radius 1 is 1.11 bits per heavy atom. The first kappa shape index (κ1) is 18.1. The van der Waals surface area contributed by atoms with Gasteiger partial charge in [0.1, 0.15) is 11.5 Å². The summed E-state index contributed by atoms with van der Waals surface area (Å²) in [5, 5.41) is 0. The van der Waals surface area contributed by atoms with Gasteiger partial charge in [0.2, 0.25) is 0 Å². The number of carbonyl (C=O) groups is 1. The third kappa shape index (κ3) is 2.95. The first-order valence-electron chi connectivity index (χ1n) is 8.69. The van der Waals surface area contributed by atoms with Gasteiger partial charge in [0.25, 0.3) is 16.1 Å². The van der Waals surface area contributed by atoms with E-state index in [0.717, 1.165) is 5.56 Å². The second-order valence-electron chi connectivity index (χ2n) is 7.10. The van der Waals surface area contributed by atoms with Gasteiger partial charge in [-0.15, -0.1) is 0 Å². The lowest BCUT2D eigenvalue weighted by atomic mass is 10.0. The SMILES string of the molecule is CN(C)S(=O)(=O)N1C[C@@H]2[C@H](C1)N(Cc1ccc(F)cc1)C(=O)c1cccn12. The molecule has 2 aliphatic rings. The number of carbonyl (C=O) groups excluding carboxylic acids is 1. The molecule has 1 amide bonds. The van der Waals surface area contributed by atoms with Crippen LogP contribution in [0.15, 0.2) is 42.6 Å². The monoisotopic (exact) mass is 392 g/mol. The maximum atomic E-state index is 13.2. The summed E-state index contributed by atoms with van der Waals surface area (Å²) in [6.45, 7) is 0.844. The average molecular weight is 392 g/mol. The van der Waals surface area contributed by atoms with Crippen LogP contribution >= 0.6 is 0 Å². The van der Waals surface area contributed by atoms with Crippen LogP contribution in [0.2, 0.25) is 0 Å². The van der Waals surface area contributed by atoms with Gasteiger partial charge in [-0.05, 0) is 29.8 Å². The van der Waals surface area contributed by atoms with E-state index in [1.165, 1.54) is 34.8 Å². The minimum Gasteiger partial charge on any atom is -0.337 e. The van der Waals surface area contributed by atoms with Crippen LogP contribution < -0.4 is 0 Å². The predicted octanol–water partition coefficient (Wildman–Crippen LogP) is 1.31. The molecule has 1 aromatic heterocycles. The van der Waals surface area contributed by atoms with Crippen LogP contribution in [0.1, 0.15) is 22.1 Å². The number of fused-ring (bicyclic) bond motifs is 3.